The van der Waals surface area contributed by atoms with Crippen molar-refractivity contribution < 1.29 is 9.53 Å². The van der Waals surface area contributed by atoms with Crippen LogP contribution in [0.25, 0.3) is 0 Å². The molecule has 1 saturated carbocycles. The van der Waals surface area contributed by atoms with Crippen LogP contribution < -0.4 is 10.6 Å². The van der Waals surface area contributed by atoms with Gasteiger partial charge < -0.3 is 15.4 Å². The van der Waals surface area contributed by atoms with E-state index in [2.05, 4.69) is 52.6 Å². The van der Waals surface area contributed by atoms with Crippen molar-refractivity contribution in [3.8, 4) is 0 Å². The van der Waals surface area contributed by atoms with Crippen molar-refractivity contribution in [3.05, 3.63) is 35.9 Å². The Morgan fingerprint density at radius 1 is 1.15 bits per heavy atom. The molecule has 0 radical (unpaired) electrons. The number of methoxy groups -OCH3 is 1. The van der Waals surface area contributed by atoms with Crippen LogP contribution >= 0.6 is 24.0 Å². The molecule has 0 aromatic heterocycles. The van der Waals surface area contributed by atoms with Gasteiger partial charge in [-0.3, -0.25) is 9.79 Å². The van der Waals surface area contributed by atoms with Gasteiger partial charge >= 0.3 is 5.97 Å². The first-order valence-electron chi connectivity index (χ1n) is 9.85. The number of esters is 1. The minimum absolute atomic E-state index is 0. The second-order valence-corrected chi connectivity index (χ2v) is 7.01. The van der Waals surface area contributed by atoms with Gasteiger partial charge in [0.25, 0.3) is 0 Å². The lowest BCUT2D eigenvalue weighted by Crippen LogP contribution is -2.39. The first kappa shape index (κ1) is 23.7. The average Bonchev–Trinajstić information content (AvgIpc) is 3.16. The van der Waals surface area contributed by atoms with Crippen LogP contribution in [-0.4, -0.2) is 38.7 Å². The Balaban J connectivity index is 0.00000364. The van der Waals surface area contributed by atoms with E-state index in [1.165, 1.54) is 38.4 Å². The SMILES string of the molecule is CCNC(=NCC1(c2ccccc2)CCCC1)NCCCCC(=O)OC.I. The van der Waals surface area contributed by atoms with Crippen LogP contribution in [0.5, 0.6) is 0 Å². The zero-order valence-corrected chi connectivity index (χ0v) is 19.0. The second-order valence-electron chi connectivity index (χ2n) is 7.01. The van der Waals surface area contributed by atoms with Gasteiger partial charge in [0, 0.05) is 24.9 Å². The first-order valence-corrected chi connectivity index (χ1v) is 9.85. The van der Waals surface area contributed by atoms with Crippen molar-refractivity contribution in [1.82, 2.24) is 10.6 Å². The molecule has 1 aromatic rings. The summed E-state index contributed by atoms with van der Waals surface area (Å²) in [6.45, 7) is 4.54. The number of nitrogens with zero attached hydrogens (tertiary/aromatic N) is 1. The van der Waals surface area contributed by atoms with E-state index < -0.39 is 0 Å². The van der Waals surface area contributed by atoms with Crippen molar-refractivity contribution in [2.75, 3.05) is 26.7 Å². The number of carbonyl (C=O) groups excluding carboxylic acids is 1. The van der Waals surface area contributed by atoms with Gasteiger partial charge in [0.05, 0.1) is 13.7 Å². The smallest absolute Gasteiger partial charge is 0.305 e. The van der Waals surface area contributed by atoms with Crippen molar-refractivity contribution in [2.45, 2.75) is 57.3 Å². The number of rotatable bonds is 9. The lowest BCUT2D eigenvalue weighted by atomic mass is 9.79. The van der Waals surface area contributed by atoms with Crippen molar-refractivity contribution in [1.29, 1.82) is 0 Å². The quantitative estimate of drug-likeness (QED) is 0.182. The molecule has 5 nitrogen and oxygen atoms in total. The number of aliphatic imine (C=N–C) groups is 1. The molecule has 0 bridgehead atoms. The number of carbonyl (C=O) groups is 1. The molecule has 6 heteroatoms. The predicted molar refractivity (Wildman–Crippen MR) is 122 cm³/mol. The Morgan fingerprint density at radius 3 is 2.48 bits per heavy atom. The lowest BCUT2D eigenvalue weighted by molar-refractivity contribution is -0.140. The molecular formula is C21H34IN3O2. The van der Waals surface area contributed by atoms with Crippen LogP contribution in [0.1, 0.15) is 57.4 Å². The fourth-order valence-electron chi connectivity index (χ4n) is 3.66. The summed E-state index contributed by atoms with van der Waals surface area (Å²) in [5, 5.41) is 6.73. The molecule has 1 fully saturated rings. The predicted octanol–water partition coefficient (Wildman–Crippen LogP) is 4.01. The van der Waals surface area contributed by atoms with E-state index in [0.29, 0.717) is 6.42 Å². The summed E-state index contributed by atoms with van der Waals surface area (Å²) in [6, 6.07) is 10.8. The van der Waals surface area contributed by atoms with E-state index in [1.54, 1.807) is 0 Å². The number of guanidine groups is 1. The van der Waals surface area contributed by atoms with E-state index in [9.17, 15) is 4.79 Å². The maximum Gasteiger partial charge on any atom is 0.305 e. The summed E-state index contributed by atoms with van der Waals surface area (Å²) in [5.74, 6) is 0.726. The van der Waals surface area contributed by atoms with Crippen LogP contribution in [0.2, 0.25) is 0 Å². The largest absolute Gasteiger partial charge is 0.469 e. The van der Waals surface area contributed by atoms with Crippen LogP contribution in [0.15, 0.2) is 35.3 Å². The van der Waals surface area contributed by atoms with E-state index in [1.807, 2.05) is 0 Å². The summed E-state index contributed by atoms with van der Waals surface area (Å²) >= 11 is 0. The van der Waals surface area contributed by atoms with E-state index >= 15 is 0 Å². The number of halogens is 1. The standard InChI is InChI=1S/C21H33N3O2.HI/c1-3-22-20(23-16-10-7-13-19(25)26-2)24-17-21(14-8-9-15-21)18-11-5-4-6-12-18;/h4-6,11-12H,3,7-10,13-17H2,1-2H3,(H2,22,23,24);1H. The fraction of sp³-hybridized carbons (Fsp3) is 0.619. The monoisotopic (exact) mass is 487 g/mol. The minimum atomic E-state index is -0.142. The maximum absolute atomic E-state index is 11.2. The molecule has 1 aliphatic carbocycles. The molecule has 27 heavy (non-hydrogen) atoms. The fourth-order valence-corrected chi connectivity index (χ4v) is 3.66. The highest BCUT2D eigenvalue weighted by Gasteiger charge is 2.35. The number of hydrogen-bond donors (Lipinski definition) is 2. The molecule has 0 aliphatic heterocycles. The Hall–Kier alpha value is -1.31. The van der Waals surface area contributed by atoms with E-state index in [0.717, 1.165) is 38.4 Å². The Bertz CT molecular complexity index is 572. The van der Waals surface area contributed by atoms with Gasteiger partial charge in [-0.2, -0.15) is 0 Å². The van der Waals surface area contributed by atoms with E-state index in [-0.39, 0.29) is 35.4 Å². The minimum Gasteiger partial charge on any atom is -0.469 e. The van der Waals surface area contributed by atoms with Gasteiger partial charge in [-0.15, -0.1) is 24.0 Å². The topological polar surface area (TPSA) is 62.7 Å². The third kappa shape index (κ3) is 7.68. The molecule has 0 heterocycles. The zero-order valence-electron chi connectivity index (χ0n) is 16.6. The Morgan fingerprint density at radius 2 is 1.85 bits per heavy atom. The van der Waals surface area contributed by atoms with Gasteiger partial charge in [0.15, 0.2) is 5.96 Å². The number of ether oxygens (including phenoxy) is 1. The molecule has 2 rings (SSSR count). The normalized spacial score (nSPS) is 15.7. The van der Waals surface area contributed by atoms with Crippen molar-refractivity contribution in [3.63, 3.8) is 0 Å². The van der Waals surface area contributed by atoms with Crippen LogP contribution in [-0.2, 0) is 14.9 Å². The summed E-state index contributed by atoms with van der Waals surface area (Å²) < 4.78 is 4.67. The average molecular weight is 487 g/mol. The lowest BCUT2D eigenvalue weighted by Gasteiger charge is -2.28. The third-order valence-electron chi connectivity index (χ3n) is 5.16. The van der Waals surface area contributed by atoms with Crippen LogP contribution in [0.3, 0.4) is 0 Å². The summed E-state index contributed by atoms with van der Waals surface area (Å²) in [6.07, 6.45) is 7.20. The summed E-state index contributed by atoms with van der Waals surface area (Å²) in [4.78, 5) is 16.0. The second kappa shape index (κ2) is 13.0. The number of hydrogen-bond acceptors (Lipinski definition) is 3. The van der Waals surface area contributed by atoms with Gasteiger partial charge in [-0.1, -0.05) is 43.2 Å². The molecule has 1 aliphatic rings. The summed E-state index contributed by atoms with van der Waals surface area (Å²) in [7, 11) is 1.43. The van der Waals surface area contributed by atoms with Crippen molar-refractivity contribution in [2.24, 2.45) is 4.99 Å². The summed E-state index contributed by atoms with van der Waals surface area (Å²) in [5.41, 5.74) is 1.59. The van der Waals surface area contributed by atoms with E-state index in [4.69, 9.17) is 4.99 Å². The molecule has 0 amide bonds. The molecule has 0 atom stereocenters. The molecule has 0 saturated heterocycles. The van der Waals surface area contributed by atoms with Crippen molar-refractivity contribution >= 4 is 35.9 Å². The van der Waals surface area contributed by atoms with Crippen LogP contribution in [0, 0.1) is 0 Å². The van der Waals surface area contributed by atoms with Gasteiger partial charge in [0.1, 0.15) is 0 Å². The van der Waals surface area contributed by atoms with Gasteiger partial charge in [0.2, 0.25) is 0 Å². The Labute approximate surface area is 180 Å². The molecule has 1 aromatic carbocycles. The highest BCUT2D eigenvalue weighted by molar-refractivity contribution is 14.0. The zero-order chi connectivity index (χ0) is 18.7. The first-order chi connectivity index (χ1) is 12.7. The molecular weight excluding hydrogens is 453 g/mol. The van der Waals surface area contributed by atoms with Gasteiger partial charge in [-0.25, -0.2) is 0 Å². The highest BCUT2D eigenvalue weighted by atomic mass is 127. The molecule has 0 unspecified atom stereocenters. The number of nitrogens with one attached hydrogen (secondary N) is 2. The molecule has 2 N–H and O–H groups in total. The molecule has 152 valence electrons. The van der Waals surface area contributed by atoms with Gasteiger partial charge in [-0.05, 0) is 38.2 Å². The highest BCUT2D eigenvalue weighted by Crippen LogP contribution is 2.41. The third-order valence-corrected chi connectivity index (χ3v) is 5.16. The number of unbranched alkanes of at least 4 members (excludes halogenated alkanes) is 1. The number of benzene rings is 1. The molecule has 0 spiro atoms. The maximum atomic E-state index is 11.2. The Kier molecular flexibility index (Phi) is 11.4. The van der Waals surface area contributed by atoms with Crippen LogP contribution in [0.4, 0.5) is 0 Å².